The zero-order valence-electron chi connectivity index (χ0n) is 18.8. The van der Waals surface area contributed by atoms with Crippen molar-refractivity contribution in [1.82, 2.24) is 10.2 Å². The number of benzene rings is 3. The minimum Gasteiger partial charge on any atom is -0.350 e. The normalized spacial score (nSPS) is 12.4. The molecule has 32 heavy (non-hydrogen) atoms. The van der Waals surface area contributed by atoms with Crippen LogP contribution in [0, 0.1) is 6.92 Å². The van der Waals surface area contributed by atoms with Crippen LogP contribution in [0.2, 0.25) is 0 Å². The SMILES string of the molecule is Cc1ccc([C@@H](CNC(=O)c2cccc(S(=O)(=O)N(C)c3ccccc3)c2)N(C)C)cc1. The van der Waals surface area contributed by atoms with Crippen molar-refractivity contribution in [1.29, 1.82) is 0 Å². The molecule has 0 saturated carbocycles. The molecule has 1 N–H and O–H groups in total. The van der Waals surface area contributed by atoms with Crippen LogP contribution in [0.25, 0.3) is 0 Å². The van der Waals surface area contributed by atoms with E-state index in [2.05, 4.69) is 17.4 Å². The van der Waals surface area contributed by atoms with Crippen LogP contribution in [0.5, 0.6) is 0 Å². The fourth-order valence-electron chi connectivity index (χ4n) is 3.41. The second-order valence-corrected chi connectivity index (χ2v) is 9.91. The largest absolute Gasteiger partial charge is 0.350 e. The summed E-state index contributed by atoms with van der Waals surface area (Å²) in [5.41, 5.74) is 3.12. The van der Waals surface area contributed by atoms with Crippen molar-refractivity contribution in [3.05, 3.63) is 95.6 Å². The predicted octanol–water partition coefficient (Wildman–Crippen LogP) is 3.85. The fraction of sp³-hybridized carbons (Fsp3) is 0.240. The highest BCUT2D eigenvalue weighted by Crippen LogP contribution is 2.23. The van der Waals surface area contributed by atoms with E-state index >= 15 is 0 Å². The molecule has 0 bridgehead atoms. The van der Waals surface area contributed by atoms with Gasteiger partial charge in [-0.15, -0.1) is 0 Å². The number of nitrogens with zero attached hydrogens (tertiary/aromatic N) is 2. The van der Waals surface area contributed by atoms with Gasteiger partial charge in [0.15, 0.2) is 0 Å². The van der Waals surface area contributed by atoms with Gasteiger partial charge in [0.25, 0.3) is 15.9 Å². The van der Waals surface area contributed by atoms with E-state index in [1.165, 1.54) is 29.0 Å². The Labute approximate surface area is 190 Å². The molecule has 7 heteroatoms. The maximum absolute atomic E-state index is 13.1. The van der Waals surface area contributed by atoms with Crippen molar-refractivity contribution >= 4 is 21.6 Å². The van der Waals surface area contributed by atoms with Crippen LogP contribution in [0.3, 0.4) is 0 Å². The number of carbonyl (C=O) groups excluding carboxylic acids is 1. The lowest BCUT2D eigenvalue weighted by Gasteiger charge is -2.25. The number of hydrogen-bond acceptors (Lipinski definition) is 4. The highest BCUT2D eigenvalue weighted by Gasteiger charge is 2.23. The Hall–Kier alpha value is -3.16. The molecule has 1 amide bonds. The van der Waals surface area contributed by atoms with Crippen molar-refractivity contribution in [2.75, 3.05) is 32.0 Å². The van der Waals surface area contributed by atoms with E-state index in [0.717, 1.165) is 5.56 Å². The van der Waals surface area contributed by atoms with Gasteiger partial charge < -0.3 is 10.2 Å². The molecule has 0 unspecified atom stereocenters. The van der Waals surface area contributed by atoms with Crippen LogP contribution in [0.15, 0.2) is 83.8 Å². The van der Waals surface area contributed by atoms with Crippen LogP contribution in [-0.2, 0) is 10.0 Å². The molecule has 0 saturated heterocycles. The fourth-order valence-corrected chi connectivity index (χ4v) is 4.65. The van der Waals surface area contributed by atoms with Gasteiger partial charge in [0, 0.05) is 19.2 Å². The number of amides is 1. The molecular weight excluding hydrogens is 422 g/mol. The topological polar surface area (TPSA) is 69.7 Å². The number of anilines is 1. The van der Waals surface area contributed by atoms with E-state index < -0.39 is 10.0 Å². The minimum atomic E-state index is -3.79. The van der Waals surface area contributed by atoms with E-state index in [1.807, 2.05) is 44.1 Å². The summed E-state index contributed by atoms with van der Waals surface area (Å²) in [6.07, 6.45) is 0. The quantitative estimate of drug-likeness (QED) is 0.565. The number of hydrogen-bond donors (Lipinski definition) is 1. The first-order valence-corrected chi connectivity index (χ1v) is 11.8. The molecule has 3 rings (SSSR count). The third kappa shape index (κ3) is 5.36. The van der Waals surface area contributed by atoms with Crippen molar-refractivity contribution in [2.24, 2.45) is 0 Å². The summed E-state index contributed by atoms with van der Waals surface area (Å²) >= 11 is 0. The number of rotatable bonds is 8. The zero-order valence-corrected chi connectivity index (χ0v) is 19.6. The molecule has 6 nitrogen and oxygen atoms in total. The van der Waals surface area contributed by atoms with Crippen LogP contribution in [0.1, 0.15) is 27.5 Å². The summed E-state index contributed by atoms with van der Waals surface area (Å²) in [5, 5.41) is 2.94. The van der Waals surface area contributed by atoms with E-state index in [9.17, 15) is 13.2 Å². The molecule has 3 aromatic carbocycles. The molecule has 0 aliphatic carbocycles. The summed E-state index contributed by atoms with van der Waals surface area (Å²) in [4.78, 5) is 14.9. The zero-order chi connectivity index (χ0) is 23.3. The molecule has 0 aliphatic heterocycles. The highest BCUT2D eigenvalue weighted by atomic mass is 32.2. The van der Waals surface area contributed by atoms with Crippen molar-refractivity contribution in [3.8, 4) is 0 Å². The summed E-state index contributed by atoms with van der Waals surface area (Å²) in [6, 6.07) is 23.1. The Bertz CT molecular complexity index is 1160. The number of sulfonamides is 1. The number of nitrogens with one attached hydrogen (secondary N) is 1. The van der Waals surface area contributed by atoms with Crippen molar-refractivity contribution < 1.29 is 13.2 Å². The molecule has 0 heterocycles. The average molecular weight is 452 g/mol. The molecule has 1 atom stereocenters. The molecular formula is C25H29N3O3S. The van der Waals surface area contributed by atoms with E-state index in [0.29, 0.717) is 17.8 Å². The second kappa shape index (κ2) is 9.97. The van der Waals surface area contributed by atoms with Crippen LogP contribution >= 0.6 is 0 Å². The lowest BCUT2D eigenvalue weighted by atomic mass is 10.0. The molecule has 0 spiro atoms. The predicted molar refractivity (Wildman–Crippen MR) is 128 cm³/mol. The van der Waals surface area contributed by atoms with Gasteiger partial charge in [-0.2, -0.15) is 0 Å². The average Bonchev–Trinajstić information content (AvgIpc) is 2.80. The summed E-state index contributed by atoms with van der Waals surface area (Å²) < 4.78 is 27.3. The Morgan fingerprint density at radius 3 is 2.19 bits per heavy atom. The van der Waals surface area contributed by atoms with Gasteiger partial charge >= 0.3 is 0 Å². The molecule has 0 aliphatic rings. The number of para-hydroxylation sites is 1. The monoisotopic (exact) mass is 451 g/mol. The lowest BCUT2D eigenvalue weighted by molar-refractivity contribution is 0.0941. The van der Waals surface area contributed by atoms with Gasteiger partial charge in [-0.05, 0) is 56.9 Å². The molecule has 0 fully saturated rings. The molecule has 3 aromatic rings. The van der Waals surface area contributed by atoms with Gasteiger partial charge in [0.2, 0.25) is 0 Å². The second-order valence-electron chi connectivity index (χ2n) is 7.94. The van der Waals surface area contributed by atoms with Crippen LogP contribution < -0.4 is 9.62 Å². The third-order valence-corrected chi connectivity index (χ3v) is 7.20. The Morgan fingerprint density at radius 2 is 1.56 bits per heavy atom. The first-order chi connectivity index (χ1) is 15.2. The molecule has 168 valence electrons. The number of aryl methyl sites for hydroxylation is 1. The van der Waals surface area contributed by atoms with E-state index in [-0.39, 0.29) is 16.8 Å². The highest BCUT2D eigenvalue weighted by molar-refractivity contribution is 7.92. The minimum absolute atomic E-state index is 0.00400. The summed E-state index contributed by atoms with van der Waals surface area (Å²) in [7, 11) is 1.63. The van der Waals surface area contributed by atoms with Crippen LogP contribution in [0.4, 0.5) is 5.69 Å². The Morgan fingerprint density at radius 1 is 0.906 bits per heavy atom. The summed E-state index contributed by atoms with van der Waals surface area (Å²) in [6.45, 7) is 2.43. The van der Waals surface area contributed by atoms with Crippen LogP contribution in [-0.4, -0.2) is 46.9 Å². The number of likely N-dealkylation sites (N-methyl/N-ethyl adjacent to an activating group) is 1. The van der Waals surface area contributed by atoms with Gasteiger partial charge in [-0.1, -0.05) is 54.1 Å². The summed E-state index contributed by atoms with van der Waals surface area (Å²) in [5.74, 6) is -0.316. The van der Waals surface area contributed by atoms with E-state index in [1.54, 1.807) is 36.4 Å². The standard InChI is InChI=1S/C25H29N3O3S/c1-19-13-15-20(16-14-19)24(27(2)3)18-26-25(29)21-9-8-12-23(17-21)32(30,31)28(4)22-10-6-5-7-11-22/h5-17,24H,18H2,1-4H3,(H,26,29)/t24-/m1/s1. The van der Waals surface area contributed by atoms with Gasteiger partial charge in [0.05, 0.1) is 16.6 Å². The van der Waals surface area contributed by atoms with Gasteiger partial charge in [-0.25, -0.2) is 8.42 Å². The Balaban J connectivity index is 1.77. The number of carbonyl (C=O) groups is 1. The third-order valence-electron chi connectivity index (χ3n) is 5.42. The van der Waals surface area contributed by atoms with Crippen molar-refractivity contribution in [2.45, 2.75) is 17.9 Å². The molecule has 0 aromatic heterocycles. The van der Waals surface area contributed by atoms with E-state index in [4.69, 9.17) is 0 Å². The maximum atomic E-state index is 13.1. The Kier molecular flexibility index (Phi) is 7.33. The lowest BCUT2D eigenvalue weighted by Crippen LogP contribution is -2.34. The first-order valence-electron chi connectivity index (χ1n) is 10.4. The first kappa shape index (κ1) is 23.5. The van der Waals surface area contributed by atoms with Crippen molar-refractivity contribution in [3.63, 3.8) is 0 Å². The molecule has 0 radical (unpaired) electrons. The smallest absolute Gasteiger partial charge is 0.264 e. The van der Waals surface area contributed by atoms with Gasteiger partial charge in [0.1, 0.15) is 0 Å². The van der Waals surface area contributed by atoms with Gasteiger partial charge in [-0.3, -0.25) is 9.10 Å². The maximum Gasteiger partial charge on any atom is 0.264 e.